The van der Waals surface area contributed by atoms with Crippen molar-refractivity contribution in [1.82, 2.24) is 10.2 Å². The molecule has 1 aliphatic rings. The number of hydrogen-bond acceptors (Lipinski definition) is 3. The van der Waals surface area contributed by atoms with Crippen LogP contribution in [0.4, 0.5) is 0 Å². The molecule has 5 heteroatoms. The van der Waals surface area contributed by atoms with Crippen molar-refractivity contribution in [2.75, 3.05) is 13.1 Å². The quantitative estimate of drug-likeness (QED) is 0.853. The summed E-state index contributed by atoms with van der Waals surface area (Å²) < 4.78 is 1.07. The molecule has 1 aromatic heterocycles. The normalized spacial score (nSPS) is 18.5. The highest BCUT2D eigenvalue weighted by atomic mass is 79.9. The zero-order valence-corrected chi connectivity index (χ0v) is 14.7. The van der Waals surface area contributed by atoms with E-state index in [1.165, 1.54) is 10.4 Å². The van der Waals surface area contributed by atoms with Crippen LogP contribution >= 0.6 is 27.3 Å². The fourth-order valence-electron chi connectivity index (χ4n) is 2.94. The van der Waals surface area contributed by atoms with E-state index < -0.39 is 0 Å². The standard InChI is InChI=1S/C17H19BrN2OS/c18-14-9-15(22-12-14)10-19-17(21)11-20-8-4-7-16(20)13-5-2-1-3-6-13/h1-3,5-6,9,12,16H,4,7-8,10-11H2,(H,19,21)/t16-/m1/s1. The first-order valence-corrected chi connectivity index (χ1v) is 9.18. The van der Waals surface area contributed by atoms with Crippen molar-refractivity contribution >= 4 is 33.2 Å². The smallest absolute Gasteiger partial charge is 0.234 e. The van der Waals surface area contributed by atoms with Crippen LogP contribution < -0.4 is 5.32 Å². The average Bonchev–Trinajstić information content (AvgIpc) is 3.15. The van der Waals surface area contributed by atoms with Gasteiger partial charge in [0.2, 0.25) is 5.91 Å². The van der Waals surface area contributed by atoms with E-state index in [0.717, 1.165) is 23.9 Å². The summed E-state index contributed by atoms with van der Waals surface area (Å²) >= 11 is 5.09. The Morgan fingerprint density at radius 3 is 2.91 bits per heavy atom. The van der Waals surface area contributed by atoms with E-state index in [1.54, 1.807) is 11.3 Å². The van der Waals surface area contributed by atoms with Gasteiger partial charge in [0.1, 0.15) is 0 Å². The van der Waals surface area contributed by atoms with E-state index in [0.29, 0.717) is 19.1 Å². The van der Waals surface area contributed by atoms with Crippen molar-refractivity contribution in [3.05, 3.63) is 56.7 Å². The van der Waals surface area contributed by atoms with Gasteiger partial charge in [-0.3, -0.25) is 9.69 Å². The molecule has 1 saturated heterocycles. The third kappa shape index (κ3) is 3.97. The van der Waals surface area contributed by atoms with Crippen LogP contribution in [0.2, 0.25) is 0 Å². The van der Waals surface area contributed by atoms with Crippen LogP contribution in [0.15, 0.2) is 46.3 Å². The van der Waals surface area contributed by atoms with Gasteiger partial charge < -0.3 is 5.32 Å². The molecule has 0 radical (unpaired) electrons. The molecule has 0 aliphatic carbocycles. The zero-order chi connectivity index (χ0) is 15.4. The lowest BCUT2D eigenvalue weighted by atomic mass is 10.0. The lowest BCUT2D eigenvalue weighted by molar-refractivity contribution is -0.122. The van der Waals surface area contributed by atoms with Crippen molar-refractivity contribution in [2.24, 2.45) is 0 Å². The minimum Gasteiger partial charge on any atom is -0.350 e. The fourth-order valence-corrected chi connectivity index (χ4v) is 4.33. The first kappa shape index (κ1) is 15.7. The number of carbonyl (C=O) groups is 1. The number of amides is 1. The summed E-state index contributed by atoms with van der Waals surface area (Å²) in [6.45, 7) is 2.09. The molecule has 116 valence electrons. The summed E-state index contributed by atoms with van der Waals surface area (Å²) in [4.78, 5) is 15.7. The number of nitrogens with one attached hydrogen (secondary N) is 1. The van der Waals surface area contributed by atoms with Gasteiger partial charge in [0.15, 0.2) is 0 Å². The van der Waals surface area contributed by atoms with Crippen molar-refractivity contribution in [3.63, 3.8) is 0 Å². The Balaban J connectivity index is 1.54. The number of rotatable bonds is 5. The fraction of sp³-hybridized carbons (Fsp3) is 0.353. The predicted molar refractivity (Wildman–Crippen MR) is 93.9 cm³/mol. The summed E-state index contributed by atoms with van der Waals surface area (Å²) in [7, 11) is 0. The van der Waals surface area contributed by atoms with Gasteiger partial charge >= 0.3 is 0 Å². The summed E-state index contributed by atoms with van der Waals surface area (Å²) in [6, 6.07) is 12.9. The maximum atomic E-state index is 12.2. The summed E-state index contributed by atoms with van der Waals surface area (Å²) in [5.74, 6) is 0.104. The summed E-state index contributed by atoms with van der Waals surface area (Å²) in [5.41, 5.74) is 1.31. The molecule has 0 spiro atoms. The van der Waals surface area contributed by atoms with Gasteiger partial charge in [-0.15, -0.1) is 11.3 Å². The Kier molecular flexibility index (Phi) is 5.28. The molecule has 0 bridgehead atoms. The predicted octanol–water partition coefficient (Wildman–Crippen LogP) is 3.96. The van der Waals surface area contributed by atoms with Gasteiger partial charge in [-0.25, -0.2) is 0 Å². The zero-order valence-electron chi connectivity index (χ0n) is 12.3. The molecular weight excluding hydrogens is 360 g/mol. The molecule has 22 heavy (non-hydrogen) atoms. The van der Waals surface area contributed by atoms with Gasteiger partial charge in [-0.2, -0.15) is 0 Å². The van der Waals surface area contributed by atoms with E-state index in [2.05, 4.69) is 50.4 Å². The Labute approximate surface area is 143 Å². The molecule has 1 aromatic carbocycles. The van der Waals surface area contributed by atoms with E-state index in [-0.39, 0.29) is 5.91 Å². The number of benzene rings is 1. The molecule has 3 nitrogen and oxygen atoms in total. The van der Waals surface area contributed by atoms with E-state index in [9.17, 15) is 4.79 Å². The van der Waals surface area contributed by atoms with Crippen LogP contribution in [-0.4, -0.2) is 23.9 Å². The van der Waals surface area contributed by atoms with E-state index >= 15 is 0 Å². The number of hydrogen-bond donors (Lipinski definition) is 1. The molecule has 3 rings (SSSR count). The number of thiophene rings is 1. The number of halogens is 1. The number of carbonyl (C=O) groups excluding carboxylic acids is 1. The highest BCUT2D eigenvalue weighted by Gasteiger charge is 2.27. The highest BCUT2D eigenvalue weighted by Crippen LogP contribution is 2.31. The average molecular weight is 379 g/mol. The van der Waals surface area contributed by atoms with Crippen LogP contribution in [-0.2, 0) is 11.3 Å². The van der Waals surface area contributed by atoms with Crippen molar-refractivity contribution < 1.29 is 4.79 Å². The maximum absolute atomic E-state index is 12.2. The Morgan fingerprint density at radius 2 is 2.18 bits per heavy atom. The molecule has 2 aromatic rings. The first-order valence-electron chi connectivity index (χ1n) is 7.51. The Hall–Kier alpha value is -1.17. The van der Waals surface area contributed by atoms with E-state index in [1.807, 2.05) is 17.5 Å². The van der Waals surface area contributed by atoms with Crippen LogP contribution in [0.1, 0.15) is 29.3 Å². The van der Waals surface area contributed by atoms with Gasteiger partial charge in [0.25, 0.3) is 0 Å². The second kappa shape index (κ2) is 7.40. The van der Waals surface area contributed by atoms with Crippen molar-refractivity contribution in [3.8, 4) is 0 Å². The molecule has 2 heterocycles. The lowest BCUT2D eigenvalue weighted by Gasteiger charge is -2.24. The molecule has 1 aliphatic heterocycles. The minimum absolute atomic E-state index is 0.104. The molecule has 1 amide bonds. The molecule has 0 unspecified atom stereocenters. The van der Waals surface area contributed by atoms with Crippen LogP contribution in [0.5, 0.6) is 0 Å². The SMILES string of the molecule is O=C(CN1CCC[C@@H]1c1ccccc1)NCc1cc(Br)cs1. The topological polar surface area (TPSA) is 32.3 Å². The Morgan fingerprint density at radius 1 is 1.36 bits per heavy atom. The molecule has 1 N–H and O–H groups in total. The first-order chi connectivity index (χ1) is 10.7. The third-order valence-corrected chi connectivity index (χ3v) is 5.67. The lowest BCUT2D eigenvalue weighted by Crippen LogP contribution is -2.36. The van der Waals surface area contributed by atoms with Crippen LogP contribution in [0.25, 0.3) is 0 Å². The maximum Gasteiger partial charge on any atom is 0.234 e. The molecular formula is C17H19BrN2OS. The van der Waals surface area contributed by atoms with Crippen LogP contribution in [0.3, 0.4) is 0 Å². The molecule has 1 atom stereocenters. The van der Waals surface area contributed by atoms with Gasteiger partial charge in [0, 0.05) is 20.8 Å². The summed E-state index contributed by atoms with van der Waals surface area (Å²) in [6.07, 6.45) is 2.29. The van der Waals surface area contributed by atoms with Gasteiger partial charge in [-0.1, -0.05) is 30.3 Å². The van der Waals surface area contributed by atoms with Gasteiger partial charge in [0.05, 0.1) is 13.1 Å². The molecule has 1 fully saturated rings. The number of nitrogens with zero attached hydrogens (tertiary/aromatic N) is 1. The van der Waals surface area contributed by atoms with Crippen LogP contribution in [0, 0.1) is 0 Å². The highest BCUT2D eigenvalue weighted by molar-refractivity contribution is 9.10. The van der Waals surface area contributed by atoms with Gasteiger partial charge in [-0.05, 0) is 46.9 Å². The van der Waals surface area contributed by atoms with Crippen molar-refractivity contribution in [1.29, 1.82) is 0 Å². The second-order valence-corrected chi connectivity index (χ2v) is 7.46. The largest absolute Gasteiger partial charge is 0.350 e. The van der Waals surface area contributed by atoms with Crippen molar-refractivity contribution in [2.45, 2.75) is 25.4 Å². The Bertz CT molecular complexity index is 629. The molecule has 0 saturated carbocycles. The monoisotopic (exact) mass is 378 g/mol. The van der Waals surface area contributed by atoms with E-state index in [4.69, 9.17) is 0 Å². The second-order valence-electron chi connectivity index (χ2n) is 5.55. The number of likely N-dealkylation sites (tertiary alicyclic amines) is 1. The summed E-state index contributed by atoms with van der Waals surface area (Å²) in [5, 5.41) is 5.06. The third-order valence-electron chi connectivity index (χ3n) is 3.98. The minimum atomic E-state index is 0.104.